The first-order valence-electron chi connectivity index (χ1n) is 4.61. The second kappa shape index (κ2) is 3.29. The zero-order valence-corrected chi connectivity index (χ0v) is 8.56. The molecule has 4 heteroatoms. The van der Waals surface area contributed by atoms with Crippen LogP contribution in [0.15, 0.2) is 18.3 Å². The molecule has 2 aromatic rings. The maximum Gasteiger partial charge on any atom is 0.216 e. The second-order valence-corrected chi connectivity index (χ2v) is 3.48. The second-order valence-electron chi connectivity index (χ2n) is 3.48. The van der Waals surface area contributed by atoms with Gasteiger partial charge in [-0.05, 0) is 5.92 Å². The molecule has 0 aliphatic heterocycles. The zero-order chi connectivity index (χ0) is 10.1. The average Bonchev–Trinajstić information content (AvgIpc) is 2.63. The monoisotopic (exact) mass is 191 g/mol. The molecule has 0 fully saturated rings. The molecular formula is C10H13N3O. The number of hydrogen-bond acceptors (Lipinski definition) is 3. The molecule has 0 unspecified atom stereocenters. The Balaban J connectivity index is 2.70. The Bertz CT molecular complexity index is 448. The van der Waals surface area contributed by atoms with E-state index in [0.29, 0.717) is 11.8 Å². The van der Waals surface area contributed by atoms with E-state index in [2.05, 4.69) is 23.9 Å². The third-order valence-electron chi connectivity index (χ3n) is 2.16. The fourth-order valence-corrected chi connectivity index (χ4v) is 1.43. The first-order valence-corrected chi connectivity index (χ1v) is 4.61. The average molecular weight is 191 g/mol. The van der Waals surface area contributed by atoms with E-state index >= 15 is 0 Å². The number of hydrogen-bond donors (Lipinski definition) is 0. The van der Waals surface area contributed by atoms with Crippen molar-refractivity contribution in [2.24, 2.45) is 0 Å². The quantitative estimate of drug-likeness (QED) is 0.727. The summed E-state index contributed by atoms with van der Waals surface area (Å²) in [6.07, 6.45) is 1.74. The number of aromatic nitrogens is 3. The van der Waals surface area contributed by atoms with Crippen molar-refractivity contribution in [2.75, 3.05) is 7.11 Å². The van der Waals surface area contributed by atoms with Crippen LogP contribution < -0.4 is 4.74 Å². The minimum absolute atomic E-state index is 0.397. The van der Waals surface area contributed by atoms with Crippen molar-refractivity contribution >= 4 is 5.65 Å². The molecule has 2 aromatic heterocycles. The van der Waals surface area contributed by atoms with E-state index in [9.17, 15) is 0 Å². The van der Waals surface area contributed by atoms with Gasteiger partial charge in [0.15, 0.2) is 5.65 Å². The van der Waals surface area contributed by atoms with Gasteiger partial charge in [0.25, 0.3) is 0 Å². The van der Waals surface area contributed by atoms with Gasteiger partial charge in [-0.1, -0.05) is 13.8 Å². The summed E-state index contributed by atoms with van der Waals surface area (Å²) < 4.78 is 6.97. The van der Waals surface area contributed by atoms with Gasteiger partial charge in [0, 0.05) is 12.1 Å². The van der Waals surface area contributed by atoms with Crippen molar-refractivity contribution in [2.45, 2.75) is 19.8 Å². The molecule has 74 valence electrons. The Morgan fingerprint density at radius 1 is 1.43 bits per heavy atom. The molecule has 14 heavy (non-hydrogen) atoms. The molecule has 0 N–H and O–H groups in total. The molecule has 0 radical (unpaired) electrons. The standard InChI is InChI=1S/C10H13N3O/c1-7(2)8-6-10(14-3)12-9-4-5-11-13(8)9/h4-7H,1-3H3. The van der Waals surface area contributed by atoms with Crippen LogP contribution in [-0.4, -0.2) is 21.7 Å². The maximum atomic E-state index is 5.13. The maximum absolute atomic E-state index is 5.13. The molecule has 4 nitrogen and oxygen atoms in total. The Morgan fingerprint density at radius 3 is 2.86 bits per heavy atom. The number of fused-ring (bicyclic) bond motifs is 1. The van der Waals surface area contributed by atoms with Crippen LogP contribution in [-0.2, 0) is 0 Å². The predicted molar refractivity (Wildman–Crippen MR) is 53.6 cm³/mol. The molecule has 2 rings (SSSR count). The number of nitrogens with zero attached hydrogens (tertiary/aromatic N) is 3. The van der Waals surface area contributed by atoms with E-state index in [1.807, 2.05) is 16.6 Å². The van der Waals surface area contributed by atoms with Crippen molar-refractivity contribution < 1.29 is 4.74 Å². The Kier molecular flexibility index (Phi) is 2.11. The highest BCUT2D eigenvalue weighted by Gasteiger charge is 2.09. The summed E-state index contributed by atoms with van der Waals surface area (Å²) in [7, 11) is 1.62. The molecule has 2 heterocycles. The summed E-state index contributed by atoms with van der Waals surface area (Å²) in [5, 5.41) is 4.21. The van der Waals surface area contributed by atoms with E-state index < -0.39 is 0 Å². The van der Waals surface area contributed by atoms with Crippen LogP contribution >= 0.6 is 0 Å². The van der Waals surface area contributed by atoms with Gasteiger partial charge in [-0.2, -0.15) is 10.1 Å². The van der Waals surface area contributed by atoms with Crippen LogP contribution in [0.5, 0.6) is 5.88 Å². The summed E-state index contributed by atoms with van der Waals surface area (Å²) in [5.41, 5.74) is 1.94. The van der Waals surface area contributed by atoms with Crippen LogP contribution in [0.4, 0.5) is 0 Å². The summed E-state index contributed by atoms with van der Waals surface area (Å²) in [6, 6.07) is 3.79. The fraction of sp³-hybridized carbons (Fsp3) is 0.400. The van der Waals surface area contributed by atoms with Gasteiger partial charge in [-0.3, -0.25) is 0 Å². The first kappa shape index (κ1) is 8.99. The van der Waals surface area contributed by atoms with Crippen molar-refractivity contribution in [3.8, 4) is 5.88 Å². The summed E-state index contributed by atoms with van der Waals surface area (Å²) in [6.45, 7) is 4.24. The molecule has 0 bridgehead atoms. The highest BCUT2D eigenvalue weighted by atomic mass is 16.5. The summed E-state index contributed by atoms with van der Waals surface area (Å²) in [5.74, 6) is 1.04. The van der Waals surface area contributed by atoms with Gasteiger partial charge >= 0.3 is 0 Å². The van der Waals surface area contributed by atoms with Crippen molar-refractivity contribution in [1.82, 2.24) is 14.6 Å². The Hall–Kier alpha value is -1.58. The number of rotatable bonds is 2. The third-order valence-corrected chi connectivity index (χ3v) is 2.16. The minimum Gasteiger partial charge on any atom is -0.481 e. The third kappa shape index (κ3) is 1.32. The molecule has 0 aliphatic carbocycles. The predicted octanol–water partition coefficient (Wildman–Crippen LogP) is 1.86. The van der Waals surface area contributed by atoms with E-state index in [4.69, 9.17) is 4.74 Å². The van der Waals surface area contributed by atoms with Crippen LogP contribution in [0, 0.1) is 0 Å². The van der Waals surface area contributed by atoms with E-state index in [-0.39, 0.29) is 0 Å². The van der Waals surface area contributed by atoms with Crippen molar-refractivity contribution in [3.63, 3.8) is 0 Å². The highest BCUT2D eigenvalue weighted by Crippen LogP contribution is 2.19. The largest absolute Gasteiger partial charge is 0.481 e. The lowest BCUT2D eigenvalue weighted by Crippen LogP contribution is -2.03. The smallest absolute Gasteiger partial charge is 0.216 e. The van der Waals surface area contributed by atoms with Gasteiger partial charge in [0.1, 0.15) is 0 Å². The number of ether oxygens (including phenoxy) is 1. The van der Waals surface area contributed by atoms with Gasteiger partial charge in [0.2, 0.25) is 5.88 Å². The number of methoxy groups -OCH3 is 1. The van der Waals surface area contributed by atoms with Crippen molar-refractivity contribution in [1.29, 1.82) is 0 Å². The first-order chi connectivity index (χ1) is 6.72. The molecule has 0 aliphatic rings. The Morgan fingerprint density at radius 2 is 2.21 bits per heavy atom. The minimum atomic E-state index is 0.397. The van der Waals surface area contributed by atoms with Gasteiger partial charge < -0.3 is 4.74 Å². The lowest BCUT2D eigenvalue weighted by molar-refractivity contribution is 0.396. The van der Waals surface area contributed by atoms with Crippen LogP contribution in [0.1, 0.15) is 25.5 Å². The molecule has 0 saturated heterocycles. The lowest BCUT2D eigenvalue weighted by Gasteiger charge is -2.09. The normalized spacial score (nSPS) is 11.1. The lowest BCUT2D eigenvalue weighted by atomic mass is 10.1. The van der Waals surface area contributed by atoms with E-state index in [1.54, 1.807) is 13.3 Å². The van der Waals surface area contributed by atoms with Gasteiger partial charge in [0.05, 0.1) is 19.0 Å². The van der Waals surface area contributed by atoms with Crippen LogP contribution in [0.2, 0.25) is 0 Å². The topological polar surface area (TPSA) is 39.4 Å². The van der Waals surface area contributed by atoms with Crippen LogP contribution in [0.3, 0.4) is 0 Å². The van der Waals surface area contributed by atoms with E-state index in [0.717, 1.165) is 11.3 Å². The van der Waals surface area contributed by atoms with Crippen molar-refractivity contribution in [3.05, 3.63) is 24.0 Å². The molecule has 0 amide bonds. The van der Waals surface area contributed by atoms with Crippen LogP contribution in [0.25, 0.3) is 5.65 Å². The zero-order valence-electron chi connectivity index (χ0n) is 8.56. The molecule has 0 spiro atoms. The summed E-state index contributed by atoms with van der Waals surface area (Å²) in [4.78, 5) is 4.28. The van der Waals surface area contributed by atoms with Gasteiger partial charge in [-0.15, -0.1) is 0 Å². The molecule has 0 aromatic carbocycles. The Labute approximate surface area is 82.5 Å². The molecule has 0 saturated carbocycles. The SMILES string of the molecule is COc1cc(C(C)C)n2nccc2n1. The van der Waals surface area contributed by atoms with Gasteiger partial charge in [-0.25, -0.2) is 4.52 Å². The highest BCUT2D eigenvalue weighted by molar-refractivity contribution is 5.41. The molecular weight excluding hydrogens is 178 g/mol. The summed E-state index contributed by atoms with van der Waals surface area (Å²) >= 11 is 0. The fourth-order valence-electron chi connectivity index (χ4n) is 1.43. The van der Waals surface area contributed by atoms with E-state index in [1.165, 1.54) is 0 Å². The molecule has 0 atom stereocenters.